The van der Waals surface area contributed by atoms with E-state index in [1.165, 1.54) is 6.92 Å². The Kier molecular flexibility index (Phi) is 7.07. The number of aryl methyl sites for hydroxylation is 1. The van der Waals surface area contributed by atoms with E-state index in [1.54, 1.807) is 17.6 Å². The van der Waals surface area contributed by atoms with Crippen LogP contribution in [0.1, 0.15) is 76.6 Å². The second kappa shape index (κ2) is 10.6. The summed E-state index contributed by atoms with van der Waals surface area (Å²) in [5, 5.41) is 19.2. The van der Waals surface area contributed by atoms with Crippen LogP contribution in [-0.4, -0.2) is 48.0 Å². The Morgan fingerprint density at radius 1 is 1.14 bits per heavy atom. The van der Waals surface area contributed by atoms with Gasteiger partial charge < -0.3 is 19.9 Å². The second-order valence-corrected chi connectivity index (χ2v) is 13.2. The molecule has 2 N–H and O–H groups in total. The van der Waals surface area contributed by atoms with Crippen molar-refractivity contribution in [2.45, 2.75) is 83.5 Å². The van der Waals surface area contributed by atoms with Crippen molar-refractivity contribution in [1.29, 1.82) is 0 Å². The first-order chi connectivity index (χ1) is 20.7. The number of carbonyl (C=O) groups is 2. The van der Waals surface area contributed by atoms with Gasteiger partial charge in [-0.3, -0.25) is 4.79 Å². The molecule has 1 amide bonds. The van der Waals surface area contributed by atoms with E-state index in [9.17, 15) is 14.7 Å². The summed E-state index contributed by atoms with van der Waals surface area (Å²) in [4.78, 5) is 34.2. The van der Waals surface area contributed by atoms with Gasteiger partial charge in [0.05, 0.1) is 22.5 Å². The minimum atomic E-state index is -0.900. The molecule has 1 saturated carbocycles. The molecule has 1 unspecified atom stereocenters. The van der Waals surface area contributed by atoms with Gasteiger partial charge >= 0.3 is 12.1 Å². The first kappa shape index (κ1) is 29.5. The topological polar surface area (TPSA) is 128 Å². The number of nitrogens with zero attached hydrogens (tertiary/aromatic N) is 4. The van der Waals surface area contributed by atoms with Crippen molar-refractivity contribution in [3.8, 4) is 11.3 Å². The lowest BCUT2D eigenvalue weighted by atomic mass is 9.62. The molecular weight excluding hydrogens is 558 g/mol. The number of benzene rings is 1. The summed E-state index contributed by atoms with van der Waals surface area (Å²) >= 11 is 0. The number of ether oxygens (including phenoxy) is 2. The monoisotopic (exact) mass is 595 g/mol. The Morgan fingerprint density at radius 3 is 2.52 bits per heavy atom. The van der Waals surface area contributed by atoms with Crippen molar-refractivity contribution in [3.05, 3.63) is 83.4 Å². The van der Waals surface area contributed by atoms with Crippen LogP contribution < -0.4 is 5.32 Å². The highest BCUT2D eigenvalue weighted by Gasteiger charge is 2.53. The highest BCUT2D eigenvalue weighted by molar-refractivity contribution is 5.82. The molecule has 0 bridgehead atoms. The Balaban J connectivity index is 1.42. The average molecular weight is 596 g/mol. The maximum absolute atomic E-state index is 12.8. The van der Waals surface area contributed by atoms with Crippen LogP contribution in [0, 0.1) is 6.92 Å². The first-order valence-corrected chi connectivity index (χ1v) is 14.8. The maximum atomic E-state index is 12.8. The highest BCUT2D eigenvalue weighted by Crippen LogP contribution is 2.49. The zero-order chi connectivity index (χ0) is 31.4. The Bertz CT molecular complexity index is 1840. The number of allylic oxidation sites excluding steroid dienone is 4. The van der Waals surface area contributed by atoms with Crippen molar-refractivity contribution in [2.24, 2.45) is 0 Å². The zero-order valence-corrected chi connectivity index (χ0v) is 25.8. The van der Waals surface area contributed by atoms with Crippen molar-refractivity contribution < 1.29 is 24.2 Å². The summed E-state index contributed by atoms with van der Waals surface area (Å²) in [6.07, 6.45) is 8.29. The standard InChI is InChI=1S/C34H37N5O5/c1-20-14-28-35-17-24-16-27(23-8-7-9-26(15-23)43-21(2)40)29(36-30(24)39(28)38-20)22-10-12-25(13-11-22)34(18-33(6,42)19-34)37-31(41)44-32(3,4)5/h7-14,16-17,23,42H,15,18-19H2,1-6H3,(H,37,41). The van der Waals surface area contributed by atoms with Gasteiger partial charge in [-0.1, -0.05) is 36.4 Å². The predicted molar refractivity (Wildman–Crippen MR) is 166 cm³/mol. The number of rotatable bonds is 5. The number of pyridine rings is 1. The number of hydrogen-bond acceptors (Lipinski definition) is 8. The van der Waals surface area contributed by atoms with Crippen molar-refractivity contribution >= 4 is 28.7 Å². The third kappa shape index (κ3) is 5.81. The van der Waals surface area contributed by atoms with Gasteiger partial charge in [-0.15, -0.1) is 0 Å². The number of aliphatic hydroxyl groups is 1. The molecule has 3 aromatic heterocycles. The van der Waals surface area contributed by atoms with E-state index in [2.05, 4.69) is 27.5 Å². The van der Waals surface area contributed by atoms with Crippen molar-refractivity contribution in [1.82, 2.24) is 24.9 Å². The molecule has 0 saturated heterocycles. The predicted octanol–water partition coefficient (Wildman–Crippen LogP) is 6.01. The summed E-state index contributed by atoms with van der Waals surface area (Å²) in [5.41, 5.74) is 3.38. The van der Waals surface area contributed by atoms with Gasteiger partial charge in [0.15, 0.2) is 11.3 Å². The lowest BCUT2D eigenvalue weighted by Gasteiger charge is -2.52. The van der Waals surface area contributed by atoms with Crippen LogP contribution in [0.4, 0.5) is 4.79 Å². The third-order valence-electron chi connectivity index (χ3n) is 7.95. The van der Waals surface area contributed by atoms with E-state index >= 15 is 0 Å². The molecule has 44 heavy (non-hydrogen) atoms. The SMILES string of the molecule is CC(=O)OC1=CC=CC(c2cc3cnc4cc(C)nn4c3nc2-c2ccc(C3(NC(=O)OC(C)(C)C)CC(C)(O)C3)cc2)C1. The summed E-state index contributed by atoms with van der Waals surface area (Å²) in [5.74, 6) is 0.134. The van der Waals surface area contributed by atoms with Gasteiger partial charge in [0.1, 0.15) is 11.4 Å². The number of aromatic nitrogens is 4. The van der Waals surface area contributed by atoms with E-state index in [1.807, 2.05) is 70.2 Å². The minimum absolute atomic E-state index is 0.0992. The lowest BCUT2D eigenvalue weighted by molar-refractivity contribution is -0.137. The summed E-state index contributed by atoms with van der Waals surface area (Å²) in [6.45, 7) is 10.5. The van der Waals surface area contributed by atoms with E-state index in [-0.39, 0.29) is 11.9 Å². The van der Waals surface area contributed by atoms with Crippen LogP contribution in [0.5, 0.6) is 0 Å². The largest absolute Gasteiger partial charge is 0.444 e. The smallest absolute Gasteiger partial charge is 0.408 e. The van der Waals surface area contributed by atoms with Gasteiger partial charge in [-0.25, -0.2) is 14.8 Å². The average Bonchev–Trinajstić information content (AvgIpc) is 3.30. The van der Waals surface area contributed by atoms with Crippen molar-refractivity contribution in [2.75, 3.05) is 0 Å². The molecule has 10 nitrogen and oxygen atoms in total. The molecule has 1 fully saturated rings. The molecule has 1 atom stereocenters. The molecule has 0 spiro atoms. The summed E-state index contributed by atoms with van der Waals surface area (Å²) in [7, 11) is 0. The molecule has 0 aliphatic heterocycles. The van der Waals surface area contributed by atoms with Gasteiger partial charge in [-0.2, -0.15) is 9.61 Å². The molecule has 2 aliphatic carbocycles. The molecule has 3 heterocycles. The first-order valence-electron chi connectivity index (χ1n) is 14.8. The van der Waals surface area contributed by atoms with E-state index < -0.39 is 22.8 Å². The number of fused-ring (bicyclic) bond motifs is 3. The summed E-state index contributed by atoms with van der Waals surface area (Å²) < 4.78 is 12.7. The third-order valence-corrected chi connectivity index (χ3v) is 7.95. The number of alkyl carbamates (subject to hydrolysis) is 1. The lowest BCUT2D eigenvalue weighted by Crippen LogP contribution is -2.62. The fraction of sp³-hybridized carbons (Fsp3) is 0.382. The quantitative estimate of drug-likeness (QED) is 0.269. The van der Waals surface area contributed by atoms with Crippen LogP contribution in [0.3, 0.4) is 0 Å². The molecule has 1 aromatic carbocycles. The fourth-order valence-corrected chi connectivity index (χ4v) is 6.37. The van der Waals surface area contributed by atoms with Crippen LogP contribution in [0.25, 0.3) is 27.9 Å². The minimum Gasteiger partial charge on any atom is -0.444 e. The van der Waals surface area contributed by atoms with Crippen LogP contribution in [0.2, 0.25) is 0 Å². The zero-order valence-electron chi connectivity index (χ0n) is 25.8. The van der Waals surface area contributed by atoms with Gasteiger partial charge in [0.2, 0.25) is 0 Å². The molecule has 6 rings (SSSR count). The van der Waals surface area contributed by atoms with E-state index in [0.717, 1.165) is 33.5 Å². The number of hydrogen-bond donors (Lipinski definition) is 2. The van der Waals surface area contributed by atoms with E-state index in [0.29, 0.717) is 36.3 Å². The number of carbonyl (C=O) groups excluding carboxylic acids is 2. The van der Waals surface area contributed by atoms with Gasteiger partial charge in [-0.05, 0) is 57.9 Å². The van der Waals surface area contributed by atoms with Crippen molar-refractivity contribution in [3.63, 3.8) is 0 Å². The van der Waals surface area contributed by atoms with E-state index in [4.69, 9.17) is 14.5 Å². The molecular formula is C34H37N5O5. The second-order valence-electron chi connectivity index (χ2n) is 13.2. The van der Waals surface area contributed by atoms with Gasteiger partial charge in [0.25, 0.3) is 0 Å². The van der Waals surface area contributed by atoms with Crippen LogP contribution in [-0.2, 0) is 19.8 Å². The van der Waals surface area contributed by atoms with Crippen LogP contribution in [0.15, 0.2) is 66.6 Å². The number of esters is 1. The maximum Gasteiger partial charge on any atom is 0.408 e. The normalized spacial score (nSPS) is 23.2. The number of amides is 1. The molecule has 4 aromatic rings. The Hall–Kier alpha value is -4.57. The number of nitrogens with one attached hydrogen (secondary N) is 1. The molecule has 228 valence electrons. The Labute approximate surface area is 255 Å². The fourth-order valence-electron chi connectivity index (χ4n) is 6.37. The molecule has 0 radical (unpaired) electrons. The molecule has 2 aliphatic rings. The van der Waals surface area contributed by atoms with Gasteiger partial charge in [0, 0.05) is 55.3 Å². The molecule has 10 heteroatoms. The summed E-state index contributed by atoms with van der Waals surface area (Å²) in [6, 6.07) is 11.9. The Morgan fingerprint density at radius 2 is 1.86 bits per heavy atom. The van der Waals surface area contributed by atoms with Crippen LogP contribution >= 0.6 is 0 Å². The highest BCUT2D eigenvalue weighted by atomic mass is 16.6.